The fraction of sp³-hybridized carbons (Fsp3) is 0.412. The molecule has 27 heavy (non-hydrogen) atoms. The van der Waals surface area contributed by atoms with Crippen LogP contribution in [0.3, 0.4) is 0 Å². The summed E-state index contributed by atoms with van der Waals surface area (Å²) in [4.78, 5) is 26.9. The lowest BCUT2D eigenvalue weighted by molar-refractivity contribution is 0.176. The normalized spacial score (nSPS) is 17.1. The largest absolute Gasteiger partial charge is 0.340 e. The topological polar surface area (TPSA) is 123 Å². The fourth-order valence-electron chi connectivity index (χ4n) is 3.04. The average Bonchev–Trinajstić information content (AvgIpc) is 3.36. The second-order valence-corrected chi connectivity index (χ2v) is 6.34. The van der Waals surface area contributed by atoms with Crippen LogP contribution >= 0.6 is 0 Å². The van der Waals surface area contributed by atoms with Crippen molar-refractivity contribution in [1.29, 1.82) is 0 Å². The third-order valence-electron chi connectivity index (χ3n) is 4.37. The molecule has 1 fully saturated rings. The smallest absolute Gasteiger partial charge is 0.317 e. The number of carbonyl (C=O) groups excluding carboxylic acids is 1. The van der Waals surface area contributed by atoms with E-state index in [1.807, 2.05) is 12.1 Å². The van der Waals surface area contributed by atoms with Gasteiger partial charge in [-0.25, -0.2) is 4.79 Å². The van der Waals surface area contributed by atoms with Crippen LogP contribution in [0.25, 0.3) is 11.5 Å². The lowest BCUT2D eigenvalue weighted by Gasteiger charge is -2.31. The molecule has 1 aliphatic heterocycles. The Balaban J connectivity index is 1.33. The molecule has 3 aromatic heterocycles. The first-order valence-electron chi connectivity index (χ1n) is 8.76. The Kier molecular flexibility index (Phi) is 4.77. The average molecular weight is 369 g/mol. The maximum Gasteiger partial charge on any atom is 0.317 e. The van der Waals surface area contributed by atoms with Crippen LogP contribution in [0.1, 0.15) is 36.4 Å². The summed E-state index contributed by atoms with van der Waals surface area (Å²) in [5.41, 5.74) is 0.619. The summed E-state index contributed by atoms with van der Waals surface area (Å²) in [5, 5.41) is 10.7. The Bertz CT molecular complexity index is 908. The third-order valence-corrected chi connectivity index (χ3v) is 4.37. The van der Waals surface area contributed by atoms with Crippen LogP contribution < -0.4 is 5.32 Å². The minimum atomic E-state index is -0.183. The van der Waals surface area contributed by atoms with E-state index in [-0.39, 0.29) is 18.5 Å². The van der Waals surface area contributed by atoms with Crippen molar-refractivity contribution in [2.24, 2.45) is 0 Å². The van der Waals surface area contributed by atoms with Gasteiger partial charge in [0.1, 0.15) is 5.69 Å². The van der Waals surface area contributed by atoms with E-state index in [0.717, 1.165) is 12.8 Å². The number of likely N-dealkylation sites (tertiary alicyclic amines) is 1. The van der Waals surface area contributed by atoms with Crippen molar-refractivity contribution in [3.63, 3.8) is 0 Å². The summed E-state index contributed by atoms with van der Waals surface area (Å²) in [6, 6.07) is 5.27. The molecule has 1 N–H and O–H groups in total. The van der Waals surface area contributed by atoms with Crippen LogP contribution in [0.4, 0.5) is 4.79 Å². The first-order chi connectivity index (χ1) is 13.2. The number of hydrogen-bond donors (Lipinski definition) is 1. The SMILES string of the molecule is Cc1nc([C@H]2CCCN(C(=O)NCc3nc(-c4ccccn4)no3)C2)no1. The third kappa shape index (κ3) is 3.94. The fourth-order valence-corrected chi connectivity index (χ4v) is 3.04. The number of pyridine rings is 1. The Morgan fingerprint density at radius 2 is 2.22 bits per heavy atom. The lowest BCUT2D eigenvalue weighted by atomic mass is 9.98. The number of nitrogens with zero attached hydrogens (tertiary/aromatic N) is 6. The predicted octanol–water partition coefficient (Wildman–Crippen LogP) is 1.91. The number of carbonyl (C=O) groups is 1. The molecular formula is C17H19N7O3. The number of aryl methyl sites for hydroxylation is 1. The Hall–Kier alpha value is -3.30. The van der Waals surface area contributed by atoms with Gasteiger partial charge in [-0.3, -0.25) is 4.98 Å². The summed E-state index contributed by atoms with van der Waals surface area (Å²) in [6.45, 7) is 3.14. The van der Waals surface area contributed by atoms with Crippen LogP contribution in [-0.2, 0) is 6.54 Å². The molecule has 4 heterocycles. The van der Waals surface area contributed by atoms with Gasteiger partial charge >= 0.3 is 6.03 Å². The summed E-state index contributed by atoms with van der Waals surface area (Å²) in [5.74, 6) is 1.99. The Morgan fingerprint density at radius 1 is 1.30 bits per heavy atom. The number of nitrogens with one attached hydrogen (secondary N) is 1. The van der Waals surface area contributed by atoms with E-state index in [4.69, 9.17) is 9.05 Å². The molecule has 0 unspecified atom stereocenters. The van der Waals surface area contributed by atoms with Crippen LogP contribution in [0.2, 0.25) is 0 Å². The van der Waals surface area contributed by atoms with Crippen molar-refractivity contribution in [3.05, 3.63) is 42.0 Å². The Morgan fingerprint density at radius 3 is 3.00 bits per heavy atom. The molecule has 3 aromatic rings. The van der Waals surface area contributed by atoms with E-state index in [9.17, 15) is 4.79 Å². The second kappa shape index (κ2) is 7.52. The maximum atomic E-state index is 12.5. The van der Waals surface area contributed by atoms with Gasteiger partial charge in [0.05, 0.1) is 6.54 Å². The quantitative estimate of drug-likeness (QED) is 0.740. The van der Waals surface area contributed by atoms with Crippen molar-refractivity contribution < 1.29 is 13.8 Å². The van der Waals surface area contributed by atoms with Crippen molar-refractivity contribution in [3.8, 4) is 11.5 Å². The van der Waals surface area contributed by atoms with Crippen molar-refractivity contribution in [1.82, 2.24) is 35.5 Å². The van der Waals surface area contributed by atoms with Gasteiger partial charge in [-0.1, -0.05) is 16.4 Å². The van der Waals surface area contributed by atoms with Gasteiger partial charge in [0.25, 0.3) is 0 Å². The van der Waals surface area contributed by atoms with Gasteiger partial charge in [0, 0.05) is 32.1 Å². The molecule has 1 saturated heterocycles. The van der Waals surface area contributed by atoms with E-state index in [0.29, 0.717) is 42.2 Å². The zero-order valence-electron chi connectivity index (χ0n) is 14.8. The highest BCUT2D eigenvalue weighted by Crippen LogP contribution is 2.24. The number of hydrogen-bond acceptors (Lipinski definition) is 8. The van der Waals surface area contributed by atoms with Gasteiger partial charge in [0.2, 0.25) is 17.6 Å². The molecule has 0 spiro atoms. The highest BCUT2D eigenvalue weighted by molar-refractivity contribution is 5.74. The summed E-state index contributed by atoms with van der Waals surface area (Å²) in [7, 11) is 0. The minimum Gasteiger partial charge on any atom is -0.340 e. The zero-order chi connectivity index (χ0) is 18.6. The summed E-state index contributed by atoms with van der Waals surface area (Å²) < 4.78 is 10.2. The zero-order valence-corrected chi connectivity index (χ0v) is 14.8. The van der Waals surface area contributed by atoms with Gasteiger partial charge < -0.3 is 19.3 Å². The van der Waals surface area contributed by atoms with Crippen molar-refractivity contribution in [2.75, 3.05) is 13.1 Å². The first-order valence-corrected chi connectivity index (χ1v) is 8.76. The lowest BCUT2D eigenvalue weighted by Crippen LogP contribution is -2.44. The minimum absolute atomic E-state index is 0.0844. The van der Waals surface area contributed by atoms with Gasteiger partial charge in [-0.2, -0.15) is 9.97 Å². The van der Waals surface area contributed by atoms with Crippen molar-refractivity contribution >= 4 is 6.03 Å². The van der Waals surface area contributed by atoms with Crippen LogP contribution in [0.5, 0.6) is 0 Å². The molecule has 0 bridgehead atoms. The molecule has 1 atom stereocenters. The monoisotopic (exact) mass is 369 g/mol. The molecule has 0 saturated carbocycles. The number of rotatable bonds is 4. The number of piperidine rings is 1. The second-order valence-electron chi connectivity index (χ2n) is 6.34. The molecule has 2 amide bonds. The molecule has 0 radical (unpaired) electrons. The molecule has 0 aromatic carbocycles. The van der Waals surface area contributed by atoms with Crippen LogP contribution in [-0.4, -0.2) is 49.3 Å². The van der Waals surface area contributed by atoms with E-state index in [1.54, 1.807) is 24.1 Å². The molecule has 4 rings (SSSR count). The molecule has 10 nitrogen and oxygen atoms in total. The summed E-state index contributed by atoms with van der Waals surface area (Å²) >= 11 is 0. The Labute approximate surface area is 155 Å². The predicted molar refractivity (Wildman–Crippen MR) is 92.3 cm³/mol. The summed E-state index contributed by atoms with van der Waals surface area (Å²) in [6.07, 6.45) is 3.47. The van der Waals surface area contributed by atoms with Crippen LogP contribution in [0, 0.1) is 6.92 Å². The van der Waals surface area contributed by atoms with E-state index in [2.05, 4.69) is 30.6 Å². The highest BCUT2D eigenvalue weighted by Gasteiger charge is 2.27. The van der Waals surface area contributed by atoms with E-state index < -0.39 is 0 Å². The number of aromatic nitrogens is 5. The maximum absolute atomic E-state index is 12.5. The number of urea groups is 1. The van der Waals surface area contributed by atoms with Crippen LogP contribution in [0.15, 0.2) is 33.4 Å². The molecule has 1 aliphatic rings. The van der Waals surface area contributed by atoms with Gasteiger partial charge in [-0.15, -0.1) is 0 Å². The van der Waals surface area contributed by atoms with E-state index >= 15 is 0 Å². The highest BCUT2D eigenvalue weighted by atomic mass is 16.5. The van der Waals surface area contributed by atoms with Crippen molar-refractivity contribution in [2.45, 2.75) is 32.2 Å². The standard InChI is InChI=1S/C17H19N7O3/c1-11-20-15(22-26-11)12-5-4-8-24(10-12)17(25)19-9-14-21-16(23-27-14)13-6-2-3-7-18-13/h2-3,6-7,12H,4-5,8-10H2,1H3,(H,19,25)/t12-/m0/s1. The van der Waals surface area contributed by atoms with Gasteiger partial charge in [-0.05, 0) is 25.0 Å². The number of amides is 2. The molecule has 0 aliphatic carbocycles. The van der Waals surface area contributed by atoms with E-state index in [1.165, 1.54) is 0 Å². The molecule has 140 valence electrons. The molecule has 10 heteroatoms. The first kappa shape index (κ1) is 17.1. The molecular weight excluding hydrogens is 350 g/mol. The van der Waals surface area contributed by atoms with Gasteiger partial charge in [0.15, 0.2) is 5.82 Å².